The van der Waals surface area contributed by atoms with Gasteiger partial charge in [0.25, 0.3) is 5.78 Å². The highest BCUT2D eigenvalue weighted by atomic mass is 32.1. The van der Waals surface area contributed by atoms with Crippen LogP contribution in [-0.4, -0.2) is 85.0 Å². The number of carbonyl (C=O) groups is 5. The number of thiazole rings is 1. The number of carboxylic acids is 1. The Kier molecular flexibility index (Phi) is 5.45. The average molecular weight is 474 g/mol. The molecule has 2 aromatic heterocycles. The summed E-state index contributed by atoms with van der Waals surface area (Å²) in [7, 11) is 2.96. The number of carbonyl (C=O) groups excluding carboxylic acids is 4. The highest BCUT2D eigenvalue weighted by Gasteiger charge is 2.60. The van der Waals surface area contributed by atoms with Gasteiger partial charge in [0, 0.05) is 31.8 Å². The number of aromatic nitrogens is 2. The zero-order chi connectivity index (χ0) is 24.4. The number of hydrogen-bond donors (Lipinski definition) is 2. The van der Waals surface area contributed by atoms with Crippen LogP contribution in [0.3, 0.4) is 0 Å². The van der Waals surface area contributed by atoms with Crippen molar-refractivity contribution in [2.45, 2.75) is 32.4 Å². The number of hydrogen-bond acceptors (Lipinski definition) is 8. The van der Waals surface area contributed by atoms with E-state index in [2.05, 4.69) is 4.98 Å². The van der Waals surface area contributed by atoms with E-state index in [4.69, 9.17) is 0 Å². The lowest BCUT2D eigenvalue weighted by Crippen LogP contribution is -2.63. The molecule has 4 heterocycles. The van der Waals surface area contributed by atoms with E-state index < -0.39 is 53.8 Å². The number of Topliss-reactive ketones (excluding diaryl/α,β-unsaturated/α-hetero) is 2. The number of carboxylic acid groups (broad SMARTS) is 1. The third-order valence-corrected chi connectivity index (χ3v) is 7.27. The summed E-state index contributed by atoms with van der Waals surface area (Å²) in [4.78, 5) is 68.6. The number of amides is 2. The lowest BCUT2D eigenvalue weighted by Gasteiger charge is -2.46. The third-order valence-electron chi connectivity index (χ3n) is 6.13. The van der Waals surface area contributed by atoms with Crippen LogP contribution in [0.1, 0.15) is 35.6 Å². The molecule has 0 bridgehead atoms. The number of ketones is 2. The van der Waals surface area contributed by atoms with Crippen molar-refractivity contribution in [3.05, 3.63) is 28.8 Å². The van der Waals surface area contributed by atoms with Crippen molar-refractivity contribution >= 4 is 51.1 Å². The van der Waals surface area contributed by atoms with Crippen LogP contribution in [0.5, 0.6) is 0 Å². The van der Waals surface area contributed by atoms with Crippen molar-refractivity contribution in [1.82, 2.24) is 19.2 Å². The van der Waals surface area contributed by atoms with Gasteiger partial charge < -0.3 is 20.0 Å². The molecule has 2 N–H and O–H groups in total. The van der Waals surface area contributed by atoms with Gasteiger partial charge in [-0.25, -0.2) is 9.78 Å². The van der Waals surface area contributed by atoms with Crippen LogP contribution in [0.2, 0.25) is 0 Å². The van der Waals surface area contributed by atoms with Crippen molar-refractivity contribution in [2.75, 3.05) is 14.1 Å². The summed E-state index contributed by atoms with van der Waals surface area (Å²) in [6.45, 7) is 3.29. The predicted molar refractivity (Wildman–Crippen MR) is 115 cm³/mol. The van der Waals surface area contributed by atoms with Gasteiger partial charge in [-0.15, -0.1) is 11.3 Å². The van der Waals surface area contributed by atoms with Crippen molar-refractivity contribution in [3.8, 4) is 0 Å². The fourth-order valence-electron chi connectivity index (χ4n) is 4.48. The van der Waals surface area contributed by atoms with Gasteiger partial charge >= 0.3 is 5.97 Å². The molecular formula is C21H22N4O7S. The molecule has 2 aliphatic heterocycles. The highest BCUT2D eigenvalue weighted by Crippen LogP contribution is 2.51. The summed E-state index contributed by atoms with van der Waals surface area (Å²) in [6.07, 6.45) is 1.44. The summed E-state index contributed by atoms with van der Waals surface area (Å²) < 4.78 is 1.51. The summed E-state index contributed by atoms with van der Waals surface area (Å²) in [5, 5.41) is 19.8. The third kappa shape index (κ3) is 3.37. The Hall–Kier alpha value is -3.38. The van der Waals surface area contributed by atoms with Crippen LogP contribution in [0.15, 0.2) is 18.2 Å². The van der Waals surface area contributed by atoms with Crippen LogP contribution in [0.25, 0.3) is 10.4 Å². The molecule has 2 amide bonds. The van der Waals surface area contributed by atoms with Crippen molar-refractivity contribution in [2.24, 2.45) is 11.8 Å². The van der Waals surface area contributed by atoms with Gasteiger partial charge in [-0.1, -0.05) is 6.92 Å². The first kappa shape index (κ1) is 22.8. The average Bonchev–Trinajstić information content (AvgIpc) is 3.36. The van der Waals surface area contributed by atoms with Crippen LogP contribution < -0.4 is 0 Å². The molecule has 4 rings (SSSR count). The first-order valence-corrected chi connectivity index (χ1v) is 11.0. The SMILES string of the molecule is C[C@@H](O)[C@H]1C(=O)N2C(C(=O)O)=C(c3cn4cnc(C(=O)C(=O)CC(=O)N(C)C)c4s3)[C@H](C)[C@H]12. The standard InChI is InChI=1S/C21H22N4O7S/c1-8-13(17(21(31)32)25-16(8)14(9(2)26)19(25)30)11-6-24-7-22-15(20(24)33-11)18(29)10(27)5-12(28)23(3)4/h6-9,14,16,26H,5H2,1-4H3,(H,31,32)/t8-,9+,14+,16+/m0/s1. The lowest BCUT2D eigenvalue weighted by atomic mass is 9.77. The number of β-lactam (4-membered cyclic amide) rings is 1. The second-order valence-electron chi connectivity index (χ2n) is 8.44. The van der Waals surface area contributed by atoms with E-state index in [1.807, 2.05) is 0 Å². The molecule has 0 aromatic carbocycles. The molecule has 0 aliphatic carbocycles. The summed E-state index contributed by atoms with van der Waals surface area (Å²) in [5.41, 5.74) is 0.157. The zero-order valence-electron chi connectivity index (χ0n) is 18.3. The molecule has 11 nitrogen and oxygen atoms in total. The minimum atomic E-state index is -1.26. The molecule has 1 fully saturated rings. The molecule has 2 aromatic rings. The van der Waals surface area contributed by atoms with Gasteiger partial charge in [-0.2, -0.15) is 0 Å². The maximum atomic E-state index is 12.6. The summed E-state index contributed by atoms with van der Waals surface area (Å²) in [6, 6.07) is -0.474. The fraction of sp³-hybridized carbons (Fsp3) is 0.429. The van der Waals surface area contributed by atoms with E-state index in [0.717, 1.165) is 11.3 Å². The lowest BCUT2D eigenvalue weighted by molar-refractivity contribution is -0.163. The molecule has 174 valence electrons. The molecule has 2 aliphatic rings. The maximum Gasteiger partial charge on any atom is 0.352 e. The van der Waals surface area contributed by atoms with Gasteiger partial charge in [0.05, 0.1) is 29.4 Å². The van der Waals surface area contributed by atoms with Gasteiger partial charge in [0.2, 0.25) is 17.6 Å². The van der Waals surface area contributed by atoms with Crippen LogP contribution in [0, 0.1) is 11.8 Å². The molecule has 33 heavy (non-hydrogen) atoms. The first-order chi connectivity index (χ1) is 15.5. The molecule has 12 heteroatoms. The molecule has 1 saturated heterocycles. The van der Waals surface area contributed by atoms with Gasteiger partial charge in [0.15, 0.2) is 5.69 Å². The quantitative estimate of drug-likeness (QED) is 0.251. The van der Waals surface area contributed by atoms with Crippen LogP contribution in [-0.2, 0) is 19.2 Å². The first-order valence-electron chi connectivity index (χ1n) is 10.2. The number of fused-ring (bicyclic) bond motifs is 2. The number of aliphatic hydroxyl groups is 1. The number of aliphatic carboxylic acids is 1. The predicted octanol–water partition coefficient (Wildman–Crippen LogP) is 0.279. The number of nitrogens with zero attached hydrogens (tertiary/aromatic N) is 4. The van der Waals surface area contributed by atoms with Crippen LogP contribution >= 0.6 is 11.3 Å². The molecule has 0 unspecified atom stereocenters. The normalized spacial score (nSPS) is 22.9. The summed E-state index contributed by atoms with van der Waals surface area (Å²) >= 11 is 1.08. The second kappa shape index (κ2) is 7.89. The minimum absolute atomic E-state index is 0.118. The molecule has 4 atom stereocenters. The number of rotatable bonds is 7. The molecular weight excluding hydrogens is 452 g/mol. The molecule has 0 saturated carbocycles. The summed E-state index contributed by atoms with van der Waals surface area (Å²) in [5.74, 6) is -5.06. The van der Waals surface area contributed by atoms with E-state index >= 15 is 0 Å². The van der Waals surface area contributed by atoms with E-state index in [9.17, 15) is 34.2 Å². The maximum absolute atomic E-state index is 12.6. The van der Waals surface area contributed by atoms with Crippen molar-refractivity contribution in [3.63, 3.8) is 0 Å². The Morgan fingerprint density at radius 1 is 1.27 bits per heavy atom. The Bertz CT molecular complexity index is 1250. The Balaban J connectivity index is 1.72. The second-order valence-corrected chi connectivity index (χ2v) is 9.47. The van der Waals surface area contributed by atoms with Gasteiger partial charge in [0.1, 0.15) is 16.9 Å². The molecule has 0 radical (unpaired) electrons. The van der Waals surface area contributed by atoms with E-state index in [-0.39, 0.29) is 17.3 Å². The monoisotopic (exact) mass is 474 g/mol. The van der Waals surface area contributed by atoms with Gasteiger partial charge in [-0.05, 0) is 6.92 Å². The van der Waals surface area contributed by atoms with Gasteiger partial charge in [-0.3, -0.25) is 23.6 Å². The fourth-order valence-corrected chi connectivity index (χ4v) is 5.70. The van der Waals surface area contributed by atoms with E-state index in [0.29, 0.717) is 15.3 Å². The molecule has 0 spiro atoms. The largest absolute Gasteiger partial charge is 0.477 e. The Morgan fingerprint density at radius 3 is 2.52 bits per heavy atom. The Labute approximate surface area is 191 Å². The zero-order valence-corrected chi connectivity index (χ0v) is 19.1. The van der Waals surface area contributed by atoms with Crippen molar-refractivity contribution in [1.29, 1.82) is 0 Å². The Morgan fingerprint density at radius 2 is 1.94 bits per heavy atom. The van der Waals surface area contributed by atoms with Crippen LogP contribution in [0.4, 0.5) is 0 Å². The van der Waals surface area contributed by atoms with E-state index in [1.165, 1.54) is 41.5 Å². The number of aliphatic hydroxyl groups excluding tert-OH is 1. The van der Waals surface area contributed by atoms with Crippen molar-refractivity contribution < 1.29 is 34.2 Å². The number of imidazole rings is 1. The topological polar surface area (TPSA) is 150 Å². The van der Waals surface area contributed by atoms with E-state index in [1.54, 1.807) is 13.1 Å². The highest BCUT2D eigenvalue weighted by molar-refractivity contribution is 7.19. The smallest absolute Gasteiger partial charge is 0.352 e. The minimum Gasteiger partial charge on any atom is -0.477 e.